The third-order valence-electron chi connectivity index (χ3n) is 12.0. The summed E-state index contributed by atoms with van der Waals surface area (Å²) >= 11 is 0. The monoisotopic (exact) mass is 1000 g/mol. The number of unbranched alkanes of at least 4 members (excludes halogenated alkanes) is 34. The van der Waals surface area contributed by atoms with Crippen molar-refractivity contribution in [1.82, 2.24) is 0 Å². The first-order valence-corrected chi connectivity index (χ1v) is 27.5. The Morgan fingerprint density at radius 1 is 0.400 bits per heavy atom. The number of phosphoric acid groups is 1. The Hall–Kier alpha value is 1.41. The summed E-state index contributed by atoms with van der Waals surface area (Å²) in [5.74, 6) is -3.50. The van der Waals surface area contributed by atoms with Gasteiger partial charge in [0.15, 0.2) is 0 Å². The van der Waals surface area contributed by atoms with Gasteiger partial charge >= 0.3 is 75.5 Å². The van der Waals surface area contributed by atoms with Crippen molar-refractivity contribution in [1.29, 1.82) is 0 Å². The molecule has 0 aromatic heterocycles. The van der Waals surface area contributed by atoms with Crippen LogP contribution in [0.5, 0.6) is 0 Å². The zero-order chi connectivity index (χ0) is 47.7. The number of aliphatic carboxylic acids is 2. The summed E-state index contributed by atoms with van der Waals surface area (Å²) in [6.45, 7) is 3.77. The van der Waals surface area contributed by atoms with E-state index in [2.05, 4.69) is 13.8 Å². The molecule has 0 aliphatic rings. The predicted molar refractivity (Wildman–Crippen MR) is 261 cm³/mol. The summed E-state index contributed by atoms with van der Waals surface area (Å²) in [4.78, 5) is 46.4. The largest absolute Gasteiger partial charge is 2.00 e. The predicted octanol–water partition coefficient (Wildman–Crippen LogP) is 8.10. The van der Waals surface area contributed by atoms with Crippen LogP contribution in [0.2, 0.25) is 0 Å². The zero-order valence-electron chi connectivity index (χ0n) is 42.0. The maximum Gasteiger partial charge on any atom is 2.00 e. The third-order valence-corrected chi connectivity index (χ3v) is 12.0. The van der Waals surface area contributed by atoms with Crippen LogP contribution in [-0.2, 0) is 14.2 Å². The molecule has 0 fully saturated rings. The Balaban J connectivity index is -0.000000324. The minimum Gasteiger partial charge on any atom is -0.790 e. The summed E-state index contributed by atoms with van der Waals surface area (Å²) < 4.78 is 8.66. The second-order valence-corrected chi connectivity index (χ2v) is 19.2. The number of aliphatic hydroxyl groups excluding tert-OH is 4. The molecule has 65 heavy (non-hydrogen) atoms. The van der Waals surface area contributed by atoms with Gasteiger partial charge in [0.25, 0.3) is 0 Å². The van der Waals surface area contributed by atoms with Gasteiger partial charge in [-0.1, -0.05) is 245 Å². The molecule has 0 saturated carbocycles. The minimum atomic E-state index is -5.14. The molecule has 0 radical (unpaired) electrons. The summed E-state index contributed by atoms with van der Waals surface area (Å²) in [7, 11) is -5.14. The number of rotatable bonds is 46. The zero-order valence-corrected chi connectivity index (χ0v) is 47.3. The molecular formula is C50H99Ca2O12P. The molecule has 0 heterocycles. The van der Waals surface area contributed by atoms with E-state index in [1.807, 2.05) is 0 Å². The van der Waals surface area contributed by atoms with Gasteiger partial charge in [-0.2, -0.15) is 0 Å². The molecule has 0 aliphatic heterocycles. The third kappa shape index (κ3) is 69.7. The fourth-order valence-electron chi connectivity index (χ4n) is 8.05. The van der Waals surface area contributed by atoms with Crippen molar-refractivity contribution < 1.29 is 59.5 Å². The molecule has 15 heteroatoms. The van der Waals surface area contributed by atoms with Crippen LogP contribution in [0.1, 0.15) is 271 Å². The summed E-state index contributed by atoms with van der Waals surface area (Å²) in [6, 6.07) is 0. The molecule has 0 aliphatic carbocycles. The molecule has 12 nitrogen and oxygen atoms in total. The van der Waals surface area contributed by atoms with Gasteiger partial charge < -0.3 is 59.5 Å². The van der Waals surface area contributed by atoms with Gasteiger partial charge in [-0.3, -0.25) is 0 Å². The van der Waals surface area contributed by atoms with Gasteiger partial charge in [0.2, 0.25) is 0 Å². The fraction of sp³-hybridized carbons (Fsp3) is 0.960. The van der Waals surface area contributed by atoms with Crippen LogP contribution in [0.25, 0.3) is 0 Å². The second kappa shape index (κ2) is 59.7. The Bertz CT molecular complexity index is 920. The Kier molecular flexibility index (Phi) is 69.2. The first-order valence-electron chi connectivity index (χ1n) is 26.0. The van der Waals surface area contributed by atoms with Crippen molar-refractivity contribution in [2.24, 2.45) is 11.8 Å². The minimum absolute atomic E-state index is 0. The van der Waals surface area contributed by atoms with E-state index in [0.717, 1.165) is 38.5 Å². The molecule has 380 valence electrons. The Morgan fingerprint density at radius 3 is 0.692 bits per heavy atom. The fourth-order valence-corrected chi connectivity index (χ4v) is 8.05. The van der Waals surface area contributed by atoms with E-state index >= 15 is 0 Å². The van der Waals surface area contributed by atoms with E-state index in [4.69, 9.17) is 29.5 Å². The van der Waals surface area contributed by atoms with Crippen LogP contribution >= 0.6 is 7.82 Å². The average Bonchev–Trinajstić information content (AvgIpc) is 3.23. The molecule has 0 spiro atoms. The van der Waals surface area contributed by atoms with Crippen molar-refractivity contribution in [2.45, 2.75) is 283 Å². The van der Waals surface area contributed by atoms with Crippen LogP contribution in [-0.4, -0.2) is 138 Å². The van der Waals surface area contributed by atoms with E-state index in [1.165, 1.54) is 193 Å². The van der Waals surface area contributed by atoms with Crippen molar-refractivity contribution in [3.8, 4) is 0 Å². The van der Waals surface area contributed by atoms with Crippen molar-refractivity contribution >= 4 is 95.2 Å². The normalized spacial score (nSPS) is 12.9. The van der Waals surface area contributed by atoms with E-state index in [0.29, 0.717) is 12.8 Å². The van der Waals surface area contributed by atoms with Crippen LogP contribution in [0.3, 0.4) is 0 Å². The number of aliphatic hydroxyl groups is 4. The molecule has 0 aromatic rings. The number of carboxylic acid groups (broad SMARTS) is 2. The van der Waals surface area contributed by atoms with Gasteiger partial charge in [-0.25, -0.2) is 0 Å². The molecule has 0 aromatic carbocycles. The van der Waals surface area contributed by atoms with Crippen molar-refractivity contribution in [2.75, 3.05) is 13.2 Å². The first kappa shape index (κ1) is 75.3. The smallest absolute Gasteiger partial charge is 0.790 e. The molecule has 4 unspecified atom stereocenters. The number of carboxylic acids is 2. The Morgan fingerprint density at radius 2 is 0.554 bits per heavy atom. The van der Waals surface area contributed by atoms with Crippen molar-refractivity contribution in [3.05, 3.63) is 0 Å². The average molecular weight is 1000 g/mol. The standard InChI is InChI=1S/2C25H50O4.2Ca.H3O4P/c2*1-2-3-4-5-6-7-8-9-10-11-12-13-14-15-16-17-18-19-20-23(25(28)29)21-24(27)22-26;;;1-5(2,3)4/h2*23-24,26-27H,2-22H2,1H3,(H,28,29);;;(H3,1,2,3,4)/q;;2*+2;/p-4. The Labute approximate surface area is 458 Å². The van der Waals surface area contributed by atoms with Crippen LogP contribution in [0.4, 0.5) is 0 Å². The van der Waals surface area contributed by atoms with E-state index in [9.17, 15) is 30.0 Å². The molecule has 4 atom stereocenters. The molecule has 0 bridgehead atoms. The summed E-state index contributed by atoms with van der Waals surface area (Å²) in [5, 5.41) is 58.6. The quantitative estimate of drug-likeness (QED) is 0.0221. The maximum atomic E-state index is 11.1. The SMILES string of the molecule is CCCCCCCCCCCCCCCCCCCCC(CC(O)CO)C(=O)[O-].CCCCCCCCCCCCCCCCCCCCC(CC(O)CO)C(=O)[O-].O=P([O-])([O-])O.[Ca+2].[Ca+2]. The first-order chi connectivity index (χ1) is 30.2. The van der Waals surface area contributed by atoms with Gasteiger partial charge in [0, 0.05) is 23.8 Å². The summed E-state index contributed by atoms with van der Waals surface area (Å²) in [6.07, 6.45) is 46.7. The van der Waals surface area contributed by atoms with Gasteiger partial charge in [-0.15, -0.1) is 0 Å². The molecule has 0 saturated heterocycles. The number of carbonyl (C=O) groups is 2. The van der Waals surface area contributed by atoms with E-state index in [-0.39, 0.29) is 102 Å². The van der Waals surface area contributed by atoms with E-state index in [1.54, 1.807) is 0 Å². The van der Waals surface area contributed by atoms with Crippen LogP contribution in [0.15, 0.2) is 0 Å². The summed E-state index contributed by atoms with van der Waals surface area (Å²) in [5.41, 5.74) is 0. The number of hydrogen-bond donors (Lipinski definition) is 5. The van der Waals surface area contributed by atoms with Gasteiger partial charge in [0.1, 0.15) is 0 Å². The second-order valence-electron chi connectivity index (χ2n) is 18.2. The molecular weight excluding hydrogens is 904 g/mol. The van der Waals surface area contributed by atoms with Crippen LogP contribution in [0, 0.1) is 11.8 Å². The van der Waals surface area contributed by atoms with Gasteiger partial charge in [-0.05, 0) is 25.7 Å². The topological polar surface area (TPSA) is 245 Å². The van der Waals surface area contributed by atoms with Crippen molar-refractivity contribution in [3.63, 3.8) is 0 Å². The molecule has 5 N–H and O–H groups in total. The van der Waals surface area contributed by atoms with Crippen LogP contribution < -0.4 is 20.0 Å². The maximum absolute atomic E-state index is 11.1. The number of carbonyl (C=O) groups excluding carboxylic acids is 2. The molecule has 0 rings (SSSR count). The van der Waals surface area contributed by atoms with Gasteiger partial charge in [0.05, 0.1) is 33.2 Å². The van der Waals surface area contributed by atoms with E-state index < -0.39 is 43.8 Å². The molecule has 0 amide bonds. The number of hydrogen-bond acceptors (Lipinski definition) is 11.